The van der Waals surface area contributed by atoms with Gasteiger partial charge < -0.3 is 0 Å². The largest absolute Gasteiger partial charge is 0.289 e. The number of hydrogen-bond acceptors (Lipinski definition) is 5. The highest BCUT2D eigenvalue weighted by Crippen LogP contribution is 2.53. The van der Waals surface area contributed by atoms with E-state index < -0.39 is 29.4 Å². The fourth-order valence-electron chi connectivity index (χ4n) is 7.26. The summed E-state index contributed by atoms with van der Waals surface area (Å²) >= 11 is 0. The number of benzene rings is 4. The molecule has 3 aliphatic rings. The molecule has 0 radical (unpaired) electrons. The lowest BCUT2D eigenvalue weighted by atomic mass is 9.75. The third kappa shape index (κ3) is 3.78. The Kier molecular flexibility index (Phi) is 5.76. The summed E-state index contributed by atoms with van der Waals surface area (Å²) in [7, 11) is 1.39. The van der Waals surface area contributed by atoms with Crippen LogP contribution in [0.3, 0.4) is 0 Å². The van der Waals surface area contributed by atoms with E-state index in [9.17, 15) is 24.0 Å². The Morgan fingerprint density at radius 1 is 0.636 bits per heavy atom. The van der Waals surface area contributed by atoms with Crippen molar-refractivity contribution in [2.24, 2.45) is 0 Å². The van der Waals surface area contributed by atoms with Gasteiger partial charge in [-0.2, -0.15) is 0 Å². The monoisotopic (exact) mass is 582 g/mol. The first-order chi connectivity index (χ1) is 20.8. The van der Waals surface area contributed by atoms with Crippen LogP contribution in [0.25, 0.3) is 0 Å². The average molecular weight is 583 g/mol. The van der Waals surface area contributed by atoms with Crippen molar-refractivity contribution >= 4 is 35.1 Å². The topological polar surface area (TPSA) is 91.8 Å². The second-order valence-electron chi connectivity index (χ2n) is 13.0. The third-order valence-corrected chi connectivity index (χ3v) is 9.57. The van der Waals surface area contributed by atoms with Gasteiger partial charge in [0.2, 0.25) is 0 Å². The molecular formula is C37H30N2O5. The number of nitrogens with zero attached hydrogens (tertiary/aromatic N) is 2. The van der Waals surface area contributed by atoms with Gasteiger partial charge in [-0.3, -0.25) is 28.9 Å². The Labute approximate surface area is 255 Å². The van der Waals surface area contributed by atoms with Gasteiger partial charge >= 0.3 is 0 Å². The fraction of sp³-hybridized carbons (Fsp3) is 0.216. The zero-order valence-corrected chi connectivity index (χ0v) is 25.1. The molecule has 1 unspecified atom stereocenters. The highest BCUT2D eigenvalue weighted by atomic mass is 16.2. The van der Waals surface area contributed by atoms with Crippen LogP contribution in [0.2, 0.25) is 0 Å². The molecule has 44 heavy (non-hydrogen) atoms. The third-order valence-electron chi connectivity index (χ3n) is 9.57. The second-order valence-corrected chi connectivity index (χ2v) is 13.0. The number of rotatable bonds is 4. The van der Waals surface area contributed by atoms with Crippen molar-refractivity contribution < 1.29 is 24.0 Å². The predicted octanol–water partition coefficient (Wildman–Crippen LogP) is 6.24. The van der Waals surface area contributed by atoms with Crippen LogP contribution in [0.5, 0.6) is 0 Å². The molecule has 0 aromatic heterocycles. The van der Waals surface area contributed by atoms with Crippen molar-refractivity contribution in [3.8, 4) is 0 Å². The summed E-state index contributed by atoms with van der Waals surface area (Å²) in [6, 6.07) is 23.2. The van der Waals surface area contributed by atoms with Crippen molar-refractivity contribution in [3.63, 3.8) is 0 Å². The van der Waals surface area contributed by atoms with Crippen molar-refractivity contribution in [3.05, 3.63) is 134 Å². The molecule has 2 aliphatic heterocycles. The van der Waals surface area contributed by atoms with Crippen LogP contribution in [0.4, 0.5) is 5.69 Å². The molecule has 0 saturated carbocycles. The number of hydrogen-bond donors (Lipinski definition) is 0. The van der Waals surface area contributed by atoms with Crippen LogP contribution in [0.15, 0.2) is 78.9 Å². The Morgan fingerprint density at radius 2 is 1.18 bits per heavy atom. The fourth-order valence-corrected chi connectivity index (χ4v) is 7.26. The second kappa shape index (κ2) is 9.16. The average Bonchev–Trinajstić information content (AvgIpc) is 3.48. The molecule has 1 aliphatic carbocycles. The number of carbonyl (C=O) groups is 5. The van der Waals surface area contributed by atoms with E-state index in [1.165, 1.54) is 65.0 Å². The van der Waals surface area contributed by atoms with Crippen molar-refractivity contribution in [1.82, 2.24) is 4.90 Å². The van der Waals surface area contributed by atoms with Crippen molar-refractivity contribution in [2.75, 3.05) is 11.9 Å². The number of fused-ring (bicyclic) bond motifs is 3. The van der Waals surface area contributed by atoms with Gasteiger partial charge in [-0.25, -0.2) is 4.90 Å². The van der Waals surface area contributed by atoms with Gasteiger partial charge in [0.15, 0.2) is 5.78 Å². The molecule has 4 aromatic rings. The van der Waals surface area contributed by atoms with Gasteiger partial charge in [0.05, 0.1) is 27.9 Å². The maximum absolute atomic E-state index is 13.8. The van der Waals surface area contributed by atoms with Crippen LogP contribution in [-0.4, -0.2) is 41.4 Å². The summed E-state index contributed by atoms with van der Waals surface area (Å²) < 4.78 is 0. The Balaban J connectivity index is 1.24. The molecule has 7 nitrogen and oxygen atoms in total. The van der Waals surface area contributed by atoms with E-state index in [1.54, 1.807) is 0 Å². The quantitative estimate of drug-likeness (QED) is 0.210. The summed E-state index contributed by atoms with van der Waals surface area (Å²) in [5.74, 6) is -2.24. The van der Waals surface area contributed by atoms with Crippen LogP contribution in [0, 0.1) is 6.92 Å². The Morgan fingerprint density at radius 3 is 1.82 bits per heavy atom. The van der Waals surface area contributed by atoms with Crippen LogP contribution < -0.4 is 4.90 Å². The van der Waals surface area contributed by atoms with Crippen molar-refractivity contribution in [2.45, 2.75) is 44.9 Å². The lowest BCUT2D eigenvalue weighted by molar-refractivity contribution is 0.0692. The van der Waals surface area contributed by atoms with Gasteiger partial charge in [-0.05, 0) is 71.8 Å². The maximum Gasteiger partial charge on any atom is 0.266 e. The normalized spacial score (nSPS) is 19.8. The molecule has 0 spiro atoms. The molecular weight excluding hydrogens is 552 g/mol. The first-order valence-corrected chi connectivity index (χ1v) is 14.6. The minimum absolute atomic E-state index is 0.102. The Hall–Kier alpha value is -5.17. The first kappa shape index (κ1) is 27.7. The van der Waals surface area contributed by atoms with E-state index in [0.29, 0.717) is 5.69 Å². The van der Waals surface area contributed by atoms with Crippen LogP contribution in [0.1, 0.15) is 107 Å². The number of carbonyl (C=O) groups excluding carboxylic acids is 5. The zero-order valence-electron chi connectivity index (χ0n) is 25.1. The molecule has 4 amide bonds. The van der Waals surface area contributed by atoms with Crippen molar-refractivity contribution in [1.29, 1.82) is 0 Å². The van der Waals surface area contributed by atoms with E-state index in [4.69, 9.17) is 0 Å². The van der Waals surface area contributed by atoms with E-state index >= 15 is 0 Å². The molecule has 7 rings (SSSR count). The summed E-state index contributed by atoms with van der Waals surface area (Å²) in [5, 5.41) is 0. The highest BCUT2D eigenvalue weighted by molar-refractivity contribution is 6.35. The van der Waals surface area contributed by atoms with Gasteiger partial charge in [0.1, 0.15) is 0 Å². The number of ketones is 1. The number of imide groups is 2. The first-order valence-electron chi connectivity index (χ1n) is 14.6. The van der Waals surface area contributed by atoms with E-state index in [-0.39, 0.29) is 44.2 Å². The summed E-state index contributed by atoms with van der Waals surface area (Å²) in [4.78, 5) is 67.8. The molecule has 218 valence electrons. The van der Waals surface area contributed by atoms with Crippen LogP contribution >= 0.6 is 0 Å². The van der Waals surface area contributed by atoms with E-state index in [1.807, 2.05) is 18.2 Å². The zero-order chi connectivity index (χ0) is 31.3. The van der Waals surface area contributed by atoms with Gasteiger partial charge in [-0.15, -0.1) is 0 Å². The number of aryl methyl sites for hydroxylation is 1. The molecule has 4 aromatic carbocycles. The molecule has 2 heterocycles. The summed E-state index contributed by atoms with van der Waals surface area (Å²) in [6.07, 6.45) is 0.883. The molecule has 0 bridgehead atoms. The van der Waals surface area contributed by atoms with Gasteiger partial charge in [0, 0.05) is 23.6 Å². The molecule has 1 atom stereocenters. The predicted molar refractivity (Wildman–Crippen MR) is 166 cm³/mol. The SMILES string of the molecule is Cc1ccc(C2(C)CC(C)(C)c3ccc(N4C(=O)c5ccc(C(=O)c6ccc7c(c6)C(=O)N(C)C7=O)cc5C4=O)cc32)cc1. The van der Waals surface area contributed by atoms with E-state index in [0.717, 1.165) is 16.9 Å². The summed E-state index contributed by atoms with van der Waals surface area (Å²) in [5.41, 5.74) is 5.93. The Bertz CT molecular complexity index is 2010. The molecule has 0 N–H and O–H groups in total. The van der Waals surface area contributed by atoms with Gasteiger partial charge in [0.25, 0.3) is 23.6 Å². The number of anilines is 1. The molecule has 0 fully saturated rings. The minimum atomic E-state index is -0.495. The minimum Gasteiger partial charge on any atom is -0.289 e. The maximum atomic E-state index is 13.8. The van der Waals surface area contributed by atoms with Gasteiger partial charge in [-0.1, -0.05) is 68.8 Å². The lowest BCUT2D eigenvalue weighted by Crippen LogP contribution is -2.30. The van der Waals surface area contributed by atoms with E-state index in [2.05, 4.69) is 52.0 Å². The number of amides is 4. The standard InChI is InChI=1S/C37H30N2O5/c1-20-6-10-23(11-7-20)37(4)19-36(2,3)29-15-12-24(18-30(29)37)39-34(43)26-14-9-22(17-28(26)35(39)44)31(40)21-8-13-25-27(16-21)33(42)38(5)32(25)41/h6-18H,19H2,1-5H3. The molecule has 0 saturated heterocycles. The smallest absolute Gasteiger partial charge is 0.266 e. The van der Waals surface area contributed by atoms with Crippen LogP contribution in [-0.2, 0) is 10.8 Å². The molecule has 7 heteroatoms. The lowest BCUT2D eigenvalue weighted by Gasteiger charge is -2.29. The summed E-state index contributed by atoms with van der Waals surface area (Å²) in [6.45, 7) is 8.72. The highest BCUT2D eigenvalue weighted by Gasteiger charge is 2.47.